The second kappa shape index (κ2) is 9.64. The fraction of sp³-hybridized carbons (Fsp3) is 0.857. The highest BCUT2D eigenvalue weighted by Crippen LogP contribution is 2.06. The topological polar surface area (TPSA) is 69.6 Å². The molecule has 2 amide bonds. The van der Waals surface area contributed by atoms with E-state index in [2.05, 4.69) is 12.2 Å². The molecule has 0 radical (unpaired) electrons. The van der Waals surface area contributed by atoms with Crippen LogP contribution in [0.1, 0.15) is 52.9 Å². The van der Waals surface area contributed by atoms with Gasteiger partial charge in [-0.2, -0.15) is 0 Å². The van der Waals surface area contributed by atoms with E-state index in [1.54, 1.807) is 14.0 Å². The molecule has 5 heteroatoms. The third kappa shape index (κ3) is 8.46. The number of hydrogen-bond donors (Lipinski definition) is 2. The smallest absolute Gasteiger partial charge is 0.317 e. The number of rotatable bonds is 9. The lowest BCUT2D eigenvalue weighted by molar-refractivity contribution is -0.141. The van der Waals surface area contributed by atoms with E-state index in [9.17, 15) is 9.59 Å². The Morgan fingerprint density at radius 2 is 1.84 bits per heavy atom. The van der Waals surface area contributed by atoms with Crippen molar-refractivity contribution in [3.05, 3.63) is 0 Å². The number of carboxylic acid groups (broad SMARTS) is 1. The first-order chi connectivity index (χ1) is 8.88. The number of urea groups is 1. The zero-order valence-corrected chi connectivity index (χ0v) is 12.6. The van der Waals surface area contributed by atoms with Crippen molar-refractivity contribution in [2.45, 2.75) is 58.9 Å². The van der Waals surface area contributed by atoms with Crippen LogP contribution in [0, 0.1) is 5.92 Å². The molecular weight excluding hydrogens is 244 g/mol. The lowest BCUT2D eigenvalue weighted by Crippen LogP contribution is -2.44. The fourth-order valence-electron chi connectivity index (χ4n) is 1.84. The minimum Gasteiger partial charge on any atom is -0.481 e. The van der Waals surface area contributed by atoms with Crippen LogP contribution in [0.2, 0.25) is 0 Å². The van der Waals surface area contributed by atoms with Gasteiger partial charge >= 0.3 is 12.0 Å². The lowest BCUT2D eigenvalue weighted by Gasteiger charge is -2.22. The molecule has 0 aliphatic heterocycles. The van der Waals surface area contributed by atoms with Gasteiger partial charge in [0.15, 0.2) is 0 Å². The summed E-state index contributed by atoms with van der Waals surface area (Å²) in [5.74, 6) is -1.43. The summed E-state index contributed by atoms with van der Waals surface area (Å²) in [5.41, 5.74) is 0. The Labute approximate surface area is 116 Å². The maximum atomic E-state index is 11.8. The van der Waals surface area contributed by atoms with Crippen LogP contribution in [-0.2, 0) is 4.79 Å². The van der Waals surface area contributed by atoms with Crippen LogP contribution in [0.25, 0.3) is 0 Å². The van der Waals surface area contributed by atoms with Gasteiger partial charge in [-0.15, -0.1) is 0 Å². The van der Waals surface area contributed by atoms with Crippen LogP contribution in [-0.4, -0.2) is 41.6 Å². The number of nitrogens with zero attached hydrogens (tertiary/aromatic N) is 1. The largest absolute Gasteiger partial charge is 0.481 e. The molecule has 0 spiro atoms. The van der Waals surface area contributed by atoms with Crippen molar-refractivity contribution in [3.63, 3.8) is 0 Å². The van der Waals surface area contributed by atoms with E-state index in [4.69, 9.17) is 5.11 Å². The van der Waals surface area contributed by atoms with Gasteiger partial charge in [0.25, 0.3) is 0 Å². The normalized spacial score (nSPS) is 13.7. The van der Waals surface area contributed by atoms with Gasteiger partial charge < -0.3 is 15.3 Å². The highest BCUT2D eigenvalue weighted by Gasteiger charge is 2.18. The van der Waals surface area contributed by atoms with Crippen molar-refractivity contribution in [3.8, 4) is 0 Å². The number of aliphatic carboxylic acids is 1. The summed E-state index contributed by atoms with van der Waals surface area (Å²) in [6, 6.07) is -0.0666. The summed E-state index contributed by atoms with van der Waals surface area (Å²) in [7, 11) is 1.62. The number of carbonyl (C=O) groups is 2. The van der Waals surface area contributed by atoms with Gasteiger partial charge in [0.05, 0.1) is 5.92 Å². The van der Waals surface area contributed by atoms with Gasteiger partial charge in [0, 0.05) is 19.6 Å². The molecule has 0 aliphatic rings. The molecule has 0 rings (SSSR count). The molecule has 2 N–H and O–H groups in total. The third-order valence-corrected chi connectivity index (χ3v) is 3.18. The van der Waals surface area contributed by atoms with E-state index in [0.29, 0.717) is 0 Å². The molecule has 0 aliphatic carbocycles. The average molecular weight is 272 g/mol. The Balaban J connectivity index is 3.90. The van der Waals surface area contributed by atoms with Crippen molar-refractivity contribution in [2.75, 3.05) is 13.6 Å². The fourth-order valence-corrected chi connectivity index (χ4v) is 1.84. The zero-order chi connectivity index (χ0) is 14.8. The van der Waals surface area contributed by atoms with E-state index < -0.39 is 11.9 Å². The van der Waals surface area contributed by atoms with Gasteiger partial charge in [-0.25, -0.2) is 4.79 Å². The van der Waals surface area contributed by atoms with Gasteiger partial charge in [0.1, 0.15) is 0 Å². The van der Waals surface area contributed by atoms with Crippen LogP contribution < -0.4 is 5.32 Å². The quantitative estimate of drug-likeness (QED) is 0.634. The van der Waals surface area contributed by atoms with Crippen LogP contribution >= 0.6 is 0 Å². The number of nitrogens with one attached hydrogen (secondary N) is 1. The molecule has 0 aromatic carbocycles. The number of unbranched alkanes of at least 4 members (excludes halogenated alkanes) is 3. The van der Waals surface area contributed by atoms with Gasteiger partial charge in [-0.05, 0) is 13.3 Å². The Morgan fingerprint density at radius 1 is 1.21 bits per heavy atom. The number of hydrogen-bond acceptors (Lipinski definition) is 2. The second-order valence-corrected chi connectivity index (χ2v) is 5.32. The van der Waals surface area contributed by atoms with Gasteiger partial charge in [-0.3, -0.25) is 4.79 Å². The maximum Gasteiger partial charge on any atom is 0.317 e. The van der Waals surface area contributed by atoms with Crippen molar-refractivity contribution in [1.82, 2.24) is 10.2 Å². The standard InChI is InChI=1S/C14H28N2O3/c1-5-6-7-8-9-12(3)15-14(19)16(4)10-11(2)13(17)18/h11-12H,5-10H2,1-4H3,(H,15,19)(H,17,18). The first-order valence-corrected chi connectivity index (χ1v) is 7.12. The molecule has 5 nitrogen and oxygen atoms in total. The molecule has 0 aromatic heterocycles. The third-order valence-electron chi connectivity index (χ3n) is 3.18. The van der Waals surface area contributed by atoms with Gasteiger partial charge in [0.2, 0.25) is 0 Å². The molecule has 0 aromatic rings. The molecule has 0 fully saturated rings. The SMILES string of the molecule is CCCCCCC(C)NC(=O)N(C)CC(C)C(=O)O. The second-order valence-electron chi connectivity index (χ2n) is 5.32. The Hall–Kier alpha value is -1.26. The highest BCUT2D eigenvalue weighted by atomic mass is 16.4. The van der Waals surface area contributed by atoms with Crippen molar-refractivity contribution in [2.24, 2.45) is 5.92 Å². The summed E-state index contributed by atoms with van der Waals surface area (Å²) >= 11 is 0. The van der Waals surface area contributed by atoms with E-state index >= 15 is 0 Å². The van der Waals surface area contributed by atoms with E-state index in [1.165, 1.54) is 24.2 Å². The first-order valence-electron chi connectivity index (χ1n) is 7.12. The molecule has 0 bridgehead atoms. The van der Waals surface area contributed by atoms with Gasteiger partial charge in [-0.1, -0.05) is 39.5 Å². The zero-order valence-electron chi connectivity index (χ0n) is 12.6. The molecular formula is C14H28N2O3. The minimum atomic E-state index is -0.882. The summed E-state index contributed by atoms with van der Waals surface area (Å²) in [6.45, 7) is 5.98. The Bertz CT molecular complexity index is 282. The summed E-state index contributed by atoms with van der Waals surface area (Å²) in [4.78, 5) is 24.0. The van der Waals surface area contributed by atoms with Crippen LogP contribution in [0.4, 0.5) is 4.79 Å². The monoisotopic (exact) mass is 272 g/mol. The van der Waals surface area contributed by atoms with E-state index in [-0.39, 0.29) is 18.6 Å². The van der Waals surface area contributed by atoms with Crippen molar-refractivity contribution < 1.29 is 14.7 Å². The number of carbonyl (C=O) groups excluding carboxylic acids is 1. The number of carboxylic acids is 1. The lowest BCUT2D eigenvalue weighted by atomic mass is 10.1. The predicted octanol–water partition coefficient (Wildman–Crippen LogP) is 2.71. The minimum absolute atomic E-state index is 0.131. The van der Waals surface area contributed by atoms with Crippen molar-refractivity contribution in [1.29, 1.82) is 0 Å². The highest BCUT2D eigenvalue weighted by molar-refractivity contribution is 5.75. The molecule has 19 heavy (non-hydrogen) atoms. The van der Waals surface area contributed by atoms with E-state index in [0.717, 1.165) is 12.8 Å². The predicted molar refractivity (Wildman–Crippen MR) is 76.2 cm³/mol. The molecule has 112 valence electrons. The van der Waals surface area contributed by atoms with Crippen LogP contribution in [0.5, 0.6) is 0 Å². The molecule has 0 heterocycles. The molecule has 0 saturated heterocycles. The average Bonchev–Trinajstić information content (AvgIpc) is 2.34. The summed E-state index contributed by atoms with van der Waals surface area (Å²) in [5, 5.41) is 11.7. The summed E-state index contributed by atoms with van der Waals surface area (Å²) < 4.78 is 0. The maximum absolute atomic E-state index is 11.8. The number of amides is 2. The van der Waals surface area contributed by atoms with Crippen LogP contribution in [0.3, 0.4) is 0 Å². The van der Waals surface area contributed by atoms with Crippen molar-refractivity contribution >= 4 is 12.0 Å². The Morgan fingerprint density at radius 3 is 2.37 bits per heavy atom. The molecule has 0 saturated carbocycles. The summed E-state index contributed by atoms with van der Waals surface area (Å²) in [6.07, 6.45) is 5.72. The molecule has 2 atom stereocenters. The van der Waals surface area contributed by atoms with Crippen LogP contribution in [0.15, 0.2) is 0 Å². The Kier molecular flexibility index (Phi) is 9.00. The first kappa shape index (κ1) is 17.7. The molecule has 2 unspecified atom stereocenters. The van der Waals surface area contributed by atoms with E-state index in [1.807, 2.05) is 6.92 Å².